The molecule has 2 aromatic rings. The van der Waals surface area contributed by atoms with Crippen LogP contribution in [0.5, 0.6) is 0 Å². The summed E-state index contributed by atoms with van der Waals surface area (Å²) in [6.07, 6.45) is 8.26. The van der Waals surface area contributed by atoms with E-state index in [4.69, 9.17) is 4.74 Å². The molecular formula is C21H26N4O2S. The normalized spacial score (nSPS) is 22.2. The van der Waals surface area contributed by atoms with Crippen molar-refractivity contribution in [2.75, 3.05) is 32.8 Å². The van der Waals surface area contributed by atoms with Gasteiger partial charge in [0, 0.05) is 42.2 Å². The van der Waals surface area contributed by atoms with Gasteiger partial charge in [0.05, 0.1) is 17.1 Å². The Kier molecular flexibility index (Phi) is 4.90. The van der Waals surface area contributed by atoms with Gasteiger partial charge in [-0.25, -0.2) is 9.97 Å². The number of piperidine rings is 2. The van der Waals surface area contributed by atoms with Crippen LogP contribution in [0.25, 0.3) is 0 Å². The summed E-state index contributed by atoms with van der Waals surface area (Å²) < 4.78 is 6.26. The highest BCUT2D eigenvalue weighted by Gasteiger charge is 2.41. The second kappa shape index (κ2) is 7.54. The molecule has 0 bridgehead atoms. The van der Waals surface area contributed by atoms with E-state index in [2.05, 4.69) is 21.4 Å². The second-order valence-corrected chi connectivity index (χ2v) is 9.13. The van der Waals surface area contributed by atoms with Crippen LogP contribution in [0, 0.1) is 0 Å². The number of amides is 1. The van der Waals surface area contributed by atoms with Crippen LogP contribution >= 0.6 is 11.3 Å². The van der Waals surface area contributed by atoms with Gasteiger partial charge in [0.25, 0.3) is 5.91 Å². The van der Waals surface area contributed by atoms with Gasteiger partial charge in [-0.15, -0.1) is 11.3 Å². The Morgan fingerprint density at radius 2 is 2.11 bits per heavy atom. The minimum Gasteiger partial charge on any atom is -0.370 e. The van der Waals surface area contributed by atoms with Crippen LogP contribution in [0.1, 0.15) is 57.4 Å². The van der Waals surface area contributed by atoms with Gasteiger partial charge in [-0.3, -0.25) is 4.79 Å². The highest BCUT2D eigenvalue weighted by molar-refractivity contribution is 7.14. The van der Waals surface area contributed by atoms with Crippen LogP contribution in [0.4, 0.5) is 0 Å². The highest BCUT2D eigenvalue weighted by Crippen LogP contribution is 2.43. The van der Waals surface area contributed by atoms with Crippen LogP contribution < -0.4 is 5.32 Å². The first-order valence-electron chi connectivity index (χ1n) is 10.3. The summed E-state index contributed by atoms with van der Waals surface area (Å²) in [6.45, 7) is 4.32. The third-order valence-electron chi connectivity index (χ3n) is 6.43. The molecule has 1 N–H and O–H groups in total. The molecule has 0 aromatic carbocycles. The van der Waals surface area contributed by atoms with Gasteiger partial charge in [-0.1, -0.05) is 0 Å². The van der Waals surface area contributed by atoms with Crippen molar-refractivity contribution in [3.63, 3.8) is 0 Å². The Hall–Kier alpha value is -1.83. The van der Waals surface area contributed by atoms with Gasteiger partial charge in [-0.05, 0) is 56.5 Å². The van der Waals surface area contributed by atoms with Crippen molar-refractivity contribution < 1.29 is 9.53 Å². The first-order valence-corrected chi connectivity index (χ1v) is 11.1. The summed E-state index contributed by atoms with van der Waals surface area (Å²) in [7, 11) is 0. The van der Waals surface area contributed by atoms with Crippen LogP contribution in [0.15, 0.2) is 24.7 Å². The lowest BCUT2D eigenvalue weighted by Crippen LogP contribution is -2.44. The van der Waals surface area contributed by atoms with Crippen molar-refractivity contribution in [1.82, 2.24) is 20.2 Å². The highest BCUT2D eigenvalue weighted by atomic mass is 32.1. The maximum Gasteiger partial charge on any atom is 0.263 e. The fourth-order valence-corrected chi connectivity index (χ4v) is 6.04. The third-order valence-corrected chi connectivity index (χ3v) is 7.62. The molecule has 2 fully saturated rings. The summed E-state index contributed by atoms with van der Waals surface area (Å²) in [5.41, 5.74) is 2.21. The zero-order valence-electron chi connectivity index (χ0n) is 16.0. The number of nitrogens with zero attached hydrogens (tertiary/aromatic N) is 3. The van der Waals surface area contributed by atoms with E-state index in [1.54, 1.807) is 23.9 Å². The summed E-state index contributed by atoms with van der Waals surface area (Å²) in [6, 6.07) is 4.14. The minimum absolute atomic E-state index is 0.173. The number of thiophene rings is 1. The van der Waals surface area contributed by atoms with E-state index in [1.807, 2.05) is 11.0 Å². The zero-order chi connectivity index (χ0) is 19.0. The standard InChI is InChI=1S/C21H26N4O2S/c26-20(25-10-2-15(3-11-25)17-1-7-23-14-24-17)19-13-16-18(28-19)4-12-27-21(16)5-8-22-9-6-21/h1,7,13-15,22H,2-6,8-12H2. The Morgan fingerprint density at radius 3 is 2.86 bits per heavy atom. The average molecular weight is 399 g/mol. The van der Waals surface area contributed by atoms with E-state index in [-0.39, 0.29) is 11.5 Å². The number of hydrogen-bond donors (Lipinski definition) is 1. The summed E-state index contributed by atoms with van der Waals surface area (Å²) in [5, 5.41) is 3.43. The molecule has 2 aromatic heterocycles. The molecule has 3 aliphatic heterocycles. The van der Waals surface area contributed by atoms with Crippen molar-refractivity contribution >= 4 is 17.2 Å². The van der Waals surface area contributed by atoms with Gasteiger partial charge in [0.15, 0.2) is 0 Å². The number of aromatic nitrogens is 2. The van der Waals surface area contributed by atoms with Gasteiger partial charge in [0.1, 0.15) is 6.33 Å². The number of fused-ring (bicyclic) bond motifs is 2. The van der Waals surface area contributed by atoms with Crippen molar-refractivity contribution in [3.05, 3.63) is 45.7 Å². The lowest BCUT2D eigenvalue weighted by Gasteiger charge is -2.40. The molecule has 7 heteroatoms. The number of rotatable bonds is 2. The molecule has 0 saturated carbocycles. The second-order valence-electron chi connectivity index (χ2n) is 7.99. The van der Waals surface area contributed by atoms with E-state index in [0.717, 1.165) is 75.5 Å². The van der Waals surface area contributed by atoms with E-state index in [9.17, 15) is 4.79 Å². The van der Waals surface area contributed by atoms with Crippen molar-refractivity contribution in [2.24, 2.45) is 0 Å². The Balaban J connectivity index is 1.30. The minimum atomic E-state index is -0.173. The van der Waals surface area contributed by atoms with Gasteiger partial charge >= 0.3 is 0 Å². The fourth-order valence-electron chi connectivity index (χ4n) is 4.84. The number of likely N-dealkylation sites (tertiary alicyclic amines) is 1. The largest absolute Gasteiger partial charge is 0.370 e. The predicted octanol–water partition coefficient (Wildman–Crippen LogP) is 2.71. The molecule has 2 saturated heterocycles. The predicted molar refractivity (Wildman–Crippen MR) is 108 cm³/mol. The molecule has 0 unspecified atom stereocenters. The molecule has 1 amide bonds. The van der Waals surface area contributed by atoms with Crippen LogP contribution in [-0.2, 0) is 16.8 Å². The summed E-state index contributed by atoms with van der Waals surface area (Å²) in [4.78, 5) is 25.8. The Bertz CT molecular complexity index is 839. The Morgan fingerprint density at radius 1 is 1.29 bits per heavy atom. The number of hydrogen-bond acceptors (Lipinski definition) is 6. The van der Waals surface area contributed by atoms with E-state index < -0.39 is 0 Å². The van der Waals surface area contributed by atoms with E-state index >= 15 is 0 Å². The first kappa shape index (κ1) is 18.2. The van der Waals surface area contributed by atoms with E-state index in [0.29, 0.717) is 5.92 Å². The first-order chi connectivity index (χ1) is 13.8. The smallest absolute Gasteiger partial charge is 0.263 e. The molecule has 28 heavy (non-hydrogen) atoms. The summed E-state index contributed by atoms with van der Waals surface area (Å²) >= 11 is 1.69. The van der Waals surface area contributed by atoms with Crippen molar-refractivity contribution in [2.45, 2.75) is 43.6 Å². The monoisotopic (exact) mass is 398 g/mol. The topological polar surface area (TPSA) is 67.3 Å². The molecule has 0 radical (unpaired) electrons. The maximum absolute atomic E-state index is 13.2. The quantitative estimate of drug-likeness (QED) is 0.843. The maximum atomic E-state index is 13.2. The number of ether oxygens (including phenoxy) is 1. The number of nitrogens with one attached hydrogen (secondary N) is 1. The third kappa shape index (κ3) is 3.25. The Labute approximate surface area is 169 Å². The van der Waals surface area contributed by atoms with E-state index in [1.165, 1.54) is 10.4 Å². The number of carbonyl (C=O) groups excluding carboxylic acids is 1. The van der Waals surface area contributed by atoms with Crippen molar-refractivity contribution in [3.8, 4) is 0 Å². The van der Waals surface area contributed by atoms with Crippen LogP contribution in [0.3, 0.4) is 0 Å². The molecule has 5 rings (SSSR count). The molecule has 3 aliphatic rings. The zero-order valence-corrected chi connectivity index (χ0v) is 16.8. The lowest BCUT2D eigenvalue weighted by atomic mass is 9.83. The SMILES string of the molecule is O=C(c1cc2c(s1)CCOC21CCNCC1)N1CCC(c2ccncn2)CC1. The van der Waals surface area contributed by atoms with Gasteiger partial charge in [0.2, 0.25) is 0 Å². The molecule has 6 nitrogen and oxygen atoms in total. The molecule has 5 heterocycles. The van der Waals surface area contributed by atoms with Crippen molar-refractivity contribution in [1.29, 1.82) is 0 Å². The fraction of sp³-hybridized carbons (Fsp3) is 0.571. The molecule has 1 spiro atoms. The average Bonchev–Trinajstić information content (AvgIpc) is 3.21. The molecule has 148 valence electrons. The summed E-state index contributed by atoms with van der Waals surface area (Å²) in [5.74, 6) is 0.611. The van der Waals surface area contributed by atoms with Gasteiger partial charge < -0.3 is 15.0 Å². The molecular weight excluding hydrogens is 372 g/mol. The lowest BCUT2D eigenvalue weighted by molar-refractivity contribution is -0.0792. The molecule has 0 atom stereocenters. The van der Waals surface area contributed by atoms with Gasteiger partial charge in [-0.2, -0.15) is 0 Å². The molecule has 0 aliphatic carbocycles. The van der Waals surface area contributed by atoms with Crippen LogP contribution in [0.2, 0.25) is 0 Å². The van der Waals surface area contributed by atoms with Crippen LogP contribution in [-0.4, -0.2) is 53.6 Å². The number of carbonyl (C=O) groups is 1.